The number of imidazole rings is 1. The maximum absolute atomic E-state index is 4.44. The summed E-state index contributed by atoms with van der Waals surface area (Å²) >= 11 is 5.67. The molecule has 0 aromatic carbocycles. The maximum Gasteiger partial charge on any atom is 0.150 e. The summed E-state index contributed by atoms with van der Waals surface area (Å²) in [7, 11) is 0. The normalized spacial score (nSPS) is 10.0. The predicted molar refractivity (Wildman–Crippen MR) is 70.9 cm³/mol. The van der Waals surface area contributed by atoms with E-state index in [-0.39, 0.29) is 17.0 Å². The third kappa shape index (κ3) is 2.24. The van der Waals surface area contributed by atoms with Gasteiger partial charge in [0, 0.05) is 17.7 Å². The summed E-state index contributed by atoms with van der Waals surface area (Å²) in [4.78, 5) is 4.44. The molecule has 2 nitrogen and oxygen atoms in total. The van der Waals surface area contributed by atoms with Gasteiger partial charge in [0.15, 0.2) is 5.65 Å². The largest absolute Gasteiger partial charge is 0.306 e. The second kappa shape index (κ2) is 4.75. The number of hydrogen-bond donors (Lipinski definition) is 0. The lowest BCUT2D eigenvalue weighted by Gasteiger charge is -1.92. The first-order chi connectivity index (χ1) is 5.81. The van der Waals surface area contributed by atoms with Crippen molar-refractivity contribution in [2.75, 3.05) is 0 Å². The van der Waals surface area contributed by atoms with Crippen LogP contribution in [0, 0.1) is 3.57 Å². The van der Waals surface area contributed by atoms with Gasteiger partial charge in [0.1, 0.15) is 0 Å². The fraction of sp³-hybridized carbons (Fsp3) is 0.125. The number of halogens is 3. The van der Waals surface area contributed by atoms with Crippen molar-refractivity contribution in [2.24, 2.45) is 0 Å². The Kier molecular flexibility index (Phi) is 4.18. The average Bonchev–Trinajstić information content (AvgIpc) is 2.49. The maximum atomic E-state index is 4.44. The Morgan fingerprint density at radius 2 is 2.31 bits per heavy atom. The fourth-order valence-corrected chi connectivity index (χ4v) is 1.97. The molecule has 0 aliphatic carbocycles. The average molecular weight is 418 g/mol. The summed E-state index contributed by atoms with van der Waals surface area (Å²) in [5, 5.41) is 0.810. The molecule has 0 saturated carbocycles. The van der Waals surface area contributed by atoms with Gasteiger partial charge < -0.3 is 4.40 Å². The number of alkyl halides is 1. The van der Waals surface area contributed by atoms with Gasteiger partial charge in [0.05, 0.1) is 9.26 Å². The van der Waals surface area contributed by atoms with Gasteiger partial charge in [-0.3, -0.25) is 0 Å². The van der Waals surface area contributed by atoms with Gasteiger partial charge in [0.25, 0.3) is 0 Å². The Labute approximate surface area is 109 Å². The lowest BCUT2D eigenvalue weighted by Crippen LogP contribution is -1.83. The molecule has 2 aromatic rings. The van der Waals surface area contributed by atoms with Gasteiger partial charge in [-0.05, 0) is 34.7 Å². The molecule has 0 fully saturated rings. The molecular formula is C8H7Br2IN2. The smallest absolute Gasteiger partial charge is 0.150 e. The molecular weight excluding hydrogens is 411 g/mol. The molecule has 0 atom stereocenters. The highest BCUT2D eigenvalue weighted by molar-refractivity contribution is 14.1. The SMILES string of the molecule is Br.BrCc1cn2cccc(I)c2n1. The highest BCUT2D eigenvalue weighted by atomic mass is 127. The van der Waals surface area contributed by atoms with Crippen molar-refractivity contribution in [1.29, 1.82) is 0 Å². The fourth-order valence-electron chi connectivity index (χ4n) is 1.09. The second-order valence-electron chi connectivity index (χ2n) is 2.45. The molecule has 2 aromatic heterocycles. The Morgan fingerprint density at radius 1 is 1.54 bits per heavy atom. The van der Waals surface area contributed by atoms with Gasteiger partial charge >= 0.3 is 0 Å². The van der Waals surface area contributed by atoms with Gasteiger partial charge in [-0.1, -0.05) is 15.9 Å². The zero-order valence-electron chi connectivity index (χ0n) is 6.58. The zero-order valence-corrected chi connectivity index (χ0v) is 12.0. The standard InChI is InChI=1S/C8H6BrIN2.BrH/c9-4-6-5-12-3-1-2-7(10)8(12)11-6;/h1-3,5H,4H2;1H. The van der Waals surface area contributed by atoms with Crippen LogP contribution in [0.4, 0.5) is 0 Å². The third-order valence-corrected chi connectivity index (χ3v) is 3.04. The minimum Gasteiger partial charge on any atom is -0.306 e. The monoisotopic (exact) mass is 416 g/mol. The molecule has 2 heterocycles. The summed E-state index contributed by atoms with van der Waals surface area (Å²) in [6.45, 7) is 0. The van der Waals surface area contributed by atoms with Crippen molar-refractivity contribution in [3.8, 4) is 0 Å². The first-order valence-electron chi connectivity index (χ1n) is 3.49. The van der Waals surface area contributed by atoms with Crippen LogP contribution < -0.4 is 0 Å². The Morgan fingerprint density at radius 3 is 2.92 bits per heavy atom. The highest BCUT2D eigenvalue weighted by Crippen LogP contribution is 2.14. The number of nitrogens with zero attached hydrogens (tertiary/aromatic N) is 2. The van der Waals surface area contributed by atoms with Crippen molar-refractivity contribution >= 4 is 61.1 Å². The van der Waals surface area contributed by atoms with Crippen LogP contribution in [0.5, 0.6) is 0 Å². The zero-order chi connectivity index (χ0) is 8.55. The van der Waals surface area contributed by atoms with Crippen LogP contribution in [-0.2, 0) is 5.33 Å². The van der Waals surface area contributed by atoms with E-state index in [0.717, 1.165) is 16.7 Å². The van der Waals surface area contributed by atoms with Crippen LogP contribution in [0.2, 0.25) is 0 Å². The van der Waals surface area contributed by atoms with Crippen LogP contribution in [-0.4, -0.2) is 9.38 Å². The van der Waals surface area contributed by atoms with Gasteiger partial charge in [-0.2, -0.15) is 0 Å². The van der Waals surface area contributed by atoms with Crippen LogP contribution in [0.3, 0.4) is 0 Å². The third-order valence-electron chi connectivity index (χ3n) is 1.62. The second-order valence-corrected chi connectivity index (χ2v) is 4.18. The quantitative estimate of drug-likeness (QED) is 0.513. The number of rotatable bonds is 1. The molecule has 0 unspecified atom stereocenters. The molecule has 0 N–H and O–H groups in total. The van der Waals surface area contributed by atoms with Gasteiger partial charge in [-0.15, -0.1) is 17.0 Å². The summed E-state index contributed by atoms with van der Waals surface area (Å²) in [5.41, 5.74) is 2.10. The van der Waals surface area contributed by atoms with Crippen LogP contribution in [0.15, 0.2) is 24.5 Å². The molecule has 0 spiro atoms. The van der Waals surface area contributed by atoms with Crippen molar-refractivity contribution in [1.82, 2.24) is 9.38 Å². The van der Waals surface area contributed by atoms with E-state index in [2.05, 4.69) is 49.6 Å². The lowest BCUT2D eigenvalue weighted by molar-refractivity contribution is 1.17. The molecule has 2 rings (SSSR count). The van der Waals surface area contributed by atoms with E-state index >= 15 is 0 Å². The van der Waals surface area contributed by atoms with Crippen molar-refractivity contribution in [3.05, 3.63) is 33.8 Å². The first-order valence-corrected chi connectivity index (χ1v) is 5.69. The minimum atomic E-state index is 0. The van der Waals surface area contributed by atoms with Crippen LogP contribution in [0.1, 0.15) is 5.69 Å². The molecule has 0 amide bonds. The van der Waals surface area contributed by atoms with E-state index in [9.17, 15) is 0 Å². The predicted octanol–water partition coefficient (Wildman–Crippen LogP) is 3.41. The summed E-state index contributed by atoms with van der Waals surface area (Å²) in [5.74, 6) is 0. The van der Waals surface area contributed by atoms with Gasteiger partial charge in [-0.25, -0.2) is 4.98 Å². The van der Waals surface area contributed by atoms with Crippen molar-refractivity contribution < 1.29 is 0 Å². The van der Waals surface area contributed by atoms with Crippen LogP contribution in [0.25, 0.3) is 5.65 Å². The lowest BCUT2D eigenvalue weighted by atomic mass is 10.5. The van der Waals surface area contributed by atoms with E-state index in [4.69, 9.17) is 0 Å². The highest BCUT2D eigenvalue weighted by Gasteiger charge is 2.01. The Bertz CT molecular complexity index is 413. The summed E-state index contributed by atoms with van der Waals surface area (Å²) in [6, 6.07) is 4.08. The van der Waals surface area contributed by atoms with Gasteiger partial charge in [0.2, 0.25) is 0 Å². The molecule has 0 aliphatic rings. The summed E-state index contributed by atoms with van der Waals surface area (Å²) in [6.07, 6.45) is 4.04. The van der Waals surface area contributed by atoms with E-state index < -0.39 is 0 Å². The van der Waals surface area contributed by atoms with Crippen molar-refractivity contribution in [2.45, 2.75) is 5.33 Å². The number of hydrogen-bond acceptors (Lipinski definition) is 1. The topological polar surface area (TPSA) is 17.3 Å². The molecule has 0 bridgehead atoms. The van der Waals surface area contributed by atoms with E-state index in [1.165, 1.54) is 3.57 Å². The Balaban J connectivity index is 0.000000845. The summed E-state index contributed by atoms with van der Waals surface area (Å²) < 4.78 is 3.22. The molecule has 70 valence electrons. The molecule has 0 aliphatic heterocycles. The molecule has 5 heteroatoms. The Hall–Kier alpha value is 0.380. The number of fused-ring (bicyclic) bond motifs is 1. The van der Waals surface area contributed by atoms with E-state index in [0.29, 0.717) is 0 Å². The molecule has 0 radical (unpaired) electrons. The minimum absolute atomic E-state index is 0. The molecule has 13 heavy (non-hydrogen) atoms. The van der Waals surface area contributed by atoms with E-state index in [1.807, 2.05) is 22.9 Å². The van der Waals surface area contributed by atoms with Crippen molar-refractivity contribution in [3.63, 3.8) is 0 Å². The molecule has 0 saturated heterocycles. The first kappa shape index (κ1) is 11.5. The van der Waals surface area contributed by atoms with Crippen LogP contribution >= 0.6 is 55.5 Å². The van der Waals surface area contributed by atoms with E-state index in [1.54, 1.807) is 0 Å². The number of aromatic nitrogens is 2. The number of pyridine rings is 1.